The number of carboxylic acid groups (broad SMARTS) is 1. The summed E-state index contributed by atoms with van der Waals surface area (Å²) < 4.78 is 36.6. The second-order valence-corrected chi connectivity index (χ2v) is 3.80. The topological polar surface area (TPSA) is 98.7 Å². The van der Waals surface area contributed by atoms with Gasteiger partial charge in [-0.2, -0.15) is 13.2 Å². The molecule has 0 aromatic heterocycles. The number of carbonyl (C=O) groups excluding carboxylic acids is 2. The number of hydrogen-bond acceptors (Lipinski definition) is 3. The molecule has 0 heterocycles. The van der Waals surface area contributed by atoms with Gasteiger partial charge in [-0.15, -0.1) is 0 Å². The van der Waals surface area contributed by atoms with E-state index in [4.69, 9.17) is 5.11 Å². The molecule has 0 atom stereocenters. The first-order valence-corrected chi connectivity index (χ1v) is 5.73. The SMILES string of the molecule is CCNC(=O)CCNC(=O)N(CC(=O)O)CC(F)(F)F. The van der Waals surface area contributed by atoms with Gasteiger partial charge in [0, 0.05) is 19.5 Å². The normalized spacial score (nSPS) is 10.8. The van der Waals surface area contributed by atoms with Crippen LogP contribution in [0.4, 0.5) is 18.0 Å². The number of carbonyl (C=O) groups is 3. The summed E-state index contributed by atoms with van der Waals surface area (Å²) in [6.07, 6.45) is -4.81. The van der Waals surface area contributed by atoms with Crippen molar-refractivity contribution in [1.29, 1.82) is 0 Å². The van der Waals surface area contributed by atoms with Crippen LogP contribution in [-0.4, -0.2) is 60.3 Å². The third-order valence-electron chi connectivity index (χ3n) is 1.99. The van der Waals surface area contributed by atoms with Crippen LogP contribution < -0.4 is 10.6 Å². The Balaban J connectivity index is 4.34. The minimum atomic E-state index is -4.70. The van der Waals surface area contributed by atoms with Crippen LogP contribution in [0.25, 0.3) is 0 Å². The standard InChI is InChI=1S/C10H16F3N3O4/c1-2-14-7(17)3-4-15-9(20)16(5-8(18)19)6-10(11,12)13/h2-6H2,1H3,(H,14,17)(H,15,20)(H,18,19). The fraction of sp³-hybridized carbons (Fsp3) is 0.700. The average Bonchev–Trinajstić information content (AvgIpc) is 2.25. The van der Waals surface area contributed by atoms with Gasteiger partial charge in [-0.3, -0.25) is 9.59 Å². The third-order valence-corrected chi connectivity index (χ3v) is 1.99. The maximum atomic E-state index is 12.2. The molecule has 0 rings (SSSR count). The van der Waals surface area contributed by atoms with E-state index in [0.717, 1.165) is 0 Å². The first-order chi connectivity index (χ1) is 9.15. The van der Waals surface area contributed by atoms with Crippen molar-refractivity contribution in [3.05, 3.63) is 0 Å². The van der Waals surface area contributed by atoms with Crippen LogP contribution in [0.5, 0.6) is 0 Å². The van der Waals surface area contributed by atoms with E-state index in [1.807, 2.05) is 0 Å². The van der Waals surface area contributed by atoms with Crippen molar-refractivity contribution in [2.45, 2.75) is 19.5 Å². The number of rotatable bonds is 7. The van der Waals surface area contributed by atoms with Gasteiger partial charge in [0.15, 0.2) is 0 Å². The van der Waals surface area contributed by atoms with Crippen LogP contribution in [0.1, 0.15) is 13.3 Å². The van der Waals surface area contributed by atoms with Crippen LogP contribution in [-0.2, 0) is 9.59 Å². The zero-order valence-electron chi connectivity index (χ0n) is 10.8. The molecular formula is C10H16F3N3O4. The number of urea groups is 1. The Labute approximate surface area is 113 Å². The lowest BCUT2D eigenvalue weighted by molar-refractivity contribution is -0.149. The molecule has 0 unspecified atom stereocenters. The summed E-state index contributed by atoms with van der Waals surface area (Å²) in [5, 5.41) is 13.0. The van der Waals surface area contributed by atoms with E-state index in [1.54, 1.807) is 6.92 Å². The molecule has 7 nitrogen and oxygen atoms in total. The smallest absolute Gasteiger partial charge is 0.406 e. The van der Waals surface area contributed by atoms with Crippen molar-refractivity contribution in [2.24, 2.45) is 0 Å². The number of nitrogens with zero attached hydrogens (tertiary/aromatic N) is 1. The highest BCUT2D eigenvalue weighted by molar-refractivity contribution is 5.81. The highest BCUT2D eigenvalue weighted by atomic mass is 19.4. The van der Waals surface area contributed by atoms with Gasteiger partial charge in [0.1, 0.15) is 13.1 Å². The zero-order chi connectivity index (χ0) is 15.8. The Hall–Kier alpha value is -2.00. The molecule has 0 bridgehead atoms. The van der Waals surface area contributed by atoms with Gasteiger partial charge >= 0.3 is 18.2 Å². The maximum Gasteiger partial charge on any atom is 0.406 e. The Morgan fingerprint density at radius 1 is 1.20 bits per heavy atom. The molecule has 116 valence electrons. The number of amides is 3. The minimum Gasteiger partial charge on any atom is -0.480 e. The van der Waals surface area contributed by atoms with Crippen molar-refractivity contribution in [2.75, 3.05) is 26.2 Å². The average molecular weight is 299 g/mol. The first kappa shape index (κ1) is 18.0. The van der Waals surface area contributed by atoms with Crippen LogP contribution in [0, 0.1) is 0 Å². The lowest BCUT2D eigenvalue weighted by Crippen LogP contribution is -2.47. The van der Waals surface area contributed by atoms with Crippen LogP contribution in [0.15, 0.2) is 0 Å². The second kappa shape index (κ2) is 8.23. The summed E-state index contributed by atoms with van der Waals surface area (Å²) >= 11 is 0. The van der Waals surface area contributed by atoms with E-state index in [9.17, 15) is 27.6 Å². The molecule has 0 radical (unpaired) electrons. The number of aliphatic carboxylic acids is 1. The maximum absolute atomic E-state index is 12.2. The molecule has 0 aliphatic carbocycles. The van der Waals surface area contributed by atoms with Gasteiger partial charge in [-0.1, -0.05) is 0 Å². The molecule has 0 aromatic rings. The van der Waals surface area contributed by atoms with E-state index < -0.39 is 31.3 Å². The zero-order valence-corrected chi connectivity index (χ0v) is 10.8. The highest BCUT2D eigenvalue weighted by Crippen LogP contribution is 2.16. The van der Waals surface area contributed by atoms with E-state index in [2.05, 4.69) is 10.6 Å². The molecule has 0 fully saturated rings. The molecule has 0 aromatic carbocycles. The molecule has 10 heteroatoms. The monoisotopic (exact) mass is 299 g/mol. The number of hydrogen-bond donors (Lipinski definition) is 3. The molecule has 3 N–H and O–H groups in total. The van der Waals surface area contributed by atoms with Crippen LogP contribution in [0.2, 0.25) is 0 Å². The van der Waals surface area contributed by atoms with Crippen molar-refractivity contribution in [1.82, 2.24) is 15.5 Å². The van der Waals surface area contributed by atoms with Gasteiger partial charge < -0.3 is 20.6 Å². The molecule has 0 aliphatic rings. The fourth-order valence-electron chi connectivity index (χ4n) is 1.26. The molecule has 20 heavy (non-hydrogen) atoms. The summed E-state index contributed by atoms with van der Waals surface area (Å²) in [4.78, 5) is 33.0. The Morgan fingerprint density at radius 2 is 1.80 bits per heavy atom. The van der Waals surface area contributed by atoms with Gasteiger partial charge in [-0.25, -0.2) is 4.79 Å². The Morgan fingerprint density at radius 3 is 2.25 bits per heavy atom. The molecule has 0 saturated carbocycles. The predicted molar refractivity (Wildman–Crippen MR) is 62.0 cm³/mol. The molecule has 0 spiro atoms. The molecular weight excluding hydrogens is 283 g/mol. The predicted octanol–water partition coefficient (Wildman–Crippen LogP) is 0.171. The quantitative estimate of drug-likeness (QED) is 0.624. The minimum absolute atomic E-state index is 0.105. The van der Waals surface area contributed by atoms with Crippen molar-refractivity contribution < 1.29 is 32.7 Å². The summed E-state index contributed by atoms with van der Waals surface area (Å²) in [5.41, 5.74) is 0. The summed E-state index contributed by atoms with van der Waals surface area (Å²) in [7, 11) is 0. The Bertz CT molecular complexity index is 360. The number of nitrogens with one attached hydrogen (secondary N) is 2. The highest BCUT2D eigenvalue weighted by Gasteiger charge is 2.33. The fourth-order valence-corrected chi connectivity index (χ4v) is 1.26. The van der Waals surface area contributed by atoms with Crippen LogP contribution >= 0.6 is 0 Å². The first-order valence-electron chi connectivity index (χ1n) is 5.73. The van der Waals surface area contributed by atoms with Crippen molar-refractivity contribution in [3.63, 3.8) is 0 Å². The van der Waals surface area contributed by atoms with Gasteiger partial charge in [-0.05, 0) is 6.92 Å². The van der Waals surface area contributed by atoms with Crippen molar-refractivity contribution >= 4 is 17.9 Å². The number of carboxylic acids is 1. The second-order valence-electron chi connectivity index (χ2n) is 3.80. The lowest BCUT2D eigenvalue weighted by atomic mass is 10.4. The van der Waals surface area contributed by atoms with E-state index in [-0.39, 0.29) is 23.8 Å². The Kier molecular flexibility index (Phi) is 7.40. The summed E-state index contributed by atoms with van der Waals surface area (Å²) in [6.45, 7) is -0.849. The summed E-state index contributed by atoms with van der Waals surface area (Å²) in [5.74, 6) is -1.93. The number of halogens is 3. The molecule has 0 saturated heterocycles. The van der Waals surface area contributed by atoms with Crippen LogP contribution in [0.3, 0.4) is 0 Å². The van der Waals surface area contributed by atoms with E-state index >= 15 is 0 Å². The third kappa shape index (κ3) is 9.00. The largest absolute Gasteiger partial charge is 0.480 e. The molecule has 3 amide bonds. The van der Waals surface area contributed by atoms with Crippen molar-refractivity contribution in [3.8, 4) is 0 Å². The van der Waals surface area contributed by atoms with E-state index in [0.29, 0.717) is 6.54 Å². The molecule has 0 aliphatic heterocycles. The lowest BCUT2D eigenvalue weighted by Gasteiger charge is -2.22. The van der Waals surface area contributed by atoms with Gasteiger partial charge in [0.2, 0.25) is 5.91 Å². The van der Waals surface area contributed by atoms with Gasteiger partial charge in [0.25, 0.3) is 0 Å². The van der Waals surface area contributed by atoms with Gasteiger partial charge in [0.05, 0.1) is 0 Å². The number of alkyl halides is 3. The summed E-state index contributed by atoms with van der Waals surface area (Å²) in [6, 6.07) is -1.19. The van der Waals surface area contributed by atoms with E-state index in [1.165, 1.54) is 0 Å².